The molecule has 2 aromatic rings. The molecule has 2 rings (SSSR count). The van der Waals surface area contributed by atoms with Gasteiger partial charge in [0.1, 0.15) is 5.75 Å². The molecule has 0 heterocycles. The van der Waals surface area contributed by atoms with Gasteiger partial charge in [0.25, 0.3) is 0 Å². The van der Waals surface area contributed by atoms with Crippen molar-refractivity contribution in [3.8, 4) is 23.0 Å². The second-order valence-corrected chi connectivity index (χ2v) is 5.29. The fraction of sp³-hybridized carbons (Fsp3) is 0.250. The van der Waals surface area contributed by atoms with Gasteiger partial charge in [-0.05, 0) is 37.4 Å². The molecule has 0 aliphatic rings. The van der Waals surface area contributed by atoms with E-state index >= 15 is 0 Å². The van der Waals surface area contributed by atoms with Gasteiger partial charge in [-0.1, -0.05) is 22.0 Å². The first-order valence-corrected chi connectivity index (χ1v) is 7.30. The zero-order chi connectivity index (χ0) is 15.2. The van der Waals surface area contributed by atoms with Crippen molar-refractivity contribution in [1.29, 1.82) is 0 Å². The molecule has 0 aliphatic heterocycles. The molecule has 0 aliphatic carbocycles. The Balaban J connectivity index is 2.42. The topological polar surface area (TPSA) is 39.7 Å². The van der Waals surface area contributed by atoms with Crippen molar-refractivity contribution in [2.24, 2.45) is 0 Å². The van der Waals surface area contributed by atoms with Crippen LogP contribution in [0.3, 0.4) is 0 Å². The maximum Gasteiger partial charge on any atom is 0.211 e. The minimum atomic E-state index is 0.571. The van der Waals surface area contributed by atoms with Crippen LogP contribution in [0, 0.1) is 0 Å². The third-order valence-electron chi connectivity index (χ3n) is 2.98. The van der Waals surface area contributed by atoms with Crippen LogP contribution >= 0.6 is 15.9 Å². The third-order valence-corrected chi connectivity index (χ3v) is 3.48. The number of rotatable bonds is 6. The highest BCUT2D eigenvalue weighted by molar-refractivity contribution is 9.10. The van der Waals surface area contributed by atoms with Crippen LogP contribution in [0.1, 0.15) is 5.56 Å². The number of ether oxygens (including phenoxy) is 3. The smallest absolute Gasteiger partial charge is 0.211 e. The Morgan fingerprint density at radius 1 is 1.00 bits per heavy atom. The van der Waals surface area contributed by atoms with Crippen LogP contribution in [0.15, 0.2) is 40.9 Å². The average molecular weight is 352 g/mol. The molecular formula is C16H18BrNO3. The van der Waals surface area contributed by atoms with Gasteiger partial charge in [0.15, 0.2) is 11.5 Å². The zero-order valence-electron chi connectivity index (χ0n) is 12.3. The molecule has 0 amide bonds. The van der Waals surface area contributed by atoms with Gasteiger partial charge in [-0.25, -0.2) is 0 Å². The van der Waals surface area contributed by atoms with Gasteiger partial charge in [0.2, 0.25) is 5.75 Å². The van der Waals surface area contributed by atoms with Crippen molar-refractivity contribution in [2.45, 2.75) is 6.54 Å². The predicted molar refractivity (Wildman–Crippen MR) is 86.5 cm³/mol. The predicted octanol–water partition coefficient (Wildman–Crippen LogP) is 3.98. The molecule has 0 saturated heterocycles. The van der Waals surface area contributed by atoms with Crippen LogP contribution in [0.5, 0.6) is 23.0 Å². The van der Waals surface area contributed by atoms with E-state index in [0.29, 0.717) is 23.8 Å². The monoisotopic (exact) mass is 351 g/mol. The van der Waals surface area contributed by atoms with E-state index in [-0.39, 0.29) is 0 Å². The minimum absolute atomic E-state index is 0.571. The zero-order valence-corrected chi connectivity index (χ0v) is 13.9. The Bertz CT molecular complexity index is 594. The van der Waals surface area contributed by atoms with Gasteiger partial charge in [-0.15, -0.1) is 0 Å². The quantitative estimate of drug-likeness (QED) is 0.854. The highest BCUT2D eigenvalue weighted by atomic mass is 79.9. The van der Waals surface area contributed by atoms with E-state index < -0.39 is 0 Å². The number of methoxy groups -OCH3 is 2. The number of hydrogen-bond acceptors (Lipinski definition) is 4. The first-order chi connectivity index (χ1) is 10.2. The second kappa shape index (κ2) is 7.33. The van der Waals surface area contributed by atoms with Crippen molar-refractivity contribution in [3.63, 3.8) is 0 Å². The van der Waals surface area contributed by atoms with Crippen molar-refractivity contribution >= 4 is 15.9 Å². The fourth-order valence-corrected chi connectivity index (χ4v) is 2.41. The molecule has 5 heteroatoms. The Hall–Kier alpha value is -1.72. The summed E-state index contributed by atoms with van der Waals surface area (Å²) in [6.07, 6.45) is 0. The second-order valence-electron chi connectivity index (χ2n) is 4.38. The largest absolute Gasteiger partial charge is 0.493 e. The summed E-state index contributed by atoms with van der Waals surface area (Å²) in [5.74, 6) is 2.60. The van der Waals surface area contributed by atoms with Crippen LogP contribution in [0.25, 0.3) is 0 Å². The molecule has 0 atom stereocenters. The average Bonchev–Trinajstić information content (AvgIpc) is 2.50. The maximum absolute atomic E-state index is 6.05. The molecule has 4 nitrogen and oxygen atoms in total. The summed E-state index contributed by atoms with van der Waals surface area (Å²) in [7, 11) is 5.11. The molecule has 112 valence electrons. The van der Waals surface area contributed by atoms with Gasteiger partial charge >= 0.3 is 0 Å². The van der Waals surface area contributed by atoms with Crippen molar-refractivity contribution < 1.29 is 14.2 Å². The molecule has 0 fully saturated rings. The van der Waals surface area contributed by atoms with Crippen molar-refractivity contribution in [3.05, 3.63) is 46.4 Å². The van der Waals surface area contributed by atoms with Crippen molar-refractivity contribution in [1.82, 2.24) is 5.32 Å². The van der Waals surface area contributed by atoms with Gasteiger partial charge in [-0.2, -0.15) is 0 Å². The summed E-state index contributed by atoms with van der Waals surface area (Å²) in [5.41, 5.74) is 1.04. The van der Waals surface area contributed by atoms with E-state index in [0.717, 1.165) is 15.8 Å². The molecule has 1 N–H and O–H groups in total. The number of hydrogen-bond donors (Lipinski definition) is 1. The van der Waals surface area contributed by atoms with Crippen molar-refractivity contribution in [2.75, 3.05) is 21.3 Å². The molecule has 2 aromatic carbocycles. The van der Waals surface area contributed by atoms with E-state index in [1.54, 1.807) is 14.2 Å². The molecule has 21 heavy (non-hydrogen) atoms. The first-order valence-electron chi connectivity index (χ1n) is 6.51. The number of halogens is 1. The molecule has 0 radical (unpaired) electrons. The summed E-state index contributed by atoms with van der Waals surface area (Å²) in [6.45, 7) is 0.701. The van der Waals surface area contributed by atoms with Crippen LogP contribution < -0.4 is 19.5 Å². The minimum Gasteiger partial charge on any atom is -0.493 e. The molecule has 0 bridgehead atoms. The molecule has 0 saturated carbocycles. The summed E-state index contributed by atoms with van der Waals surface area (Å²) in [6, 6.07) is 11.4. The normalized spacial score (nSPS) is 10.3. The molecular weight excluding hydrogens is 334 g/mol. The summed E-state index contributed by atoms with van der Waals surface area (Å²) in [5, 5.41) is 3.13. The number of nitrogens with one attached hydrogen (secondary N) is 1. The highest BCUT2D eigenvalue weighted by Crippen LogP contribution is 2.41. The Morgan fingerprint density at radius 3 is 2.24 bits per heavy atom. The van der Waals surface area contributed by atoms with E-state index in [9.17, 15) is 0 Å². The summed E-state index contributed by atoms with van der Waals surface area (Å²) >= 11 is 3.48. The molecule has 0 aromatic heterocycles. The lowest BCUT2D eigenvalue weighted by Crippen LogP contribution is -2.06. The van der Waals surface area contributed by atoms with E-state index in [4.69, 9.17) is 14.2 Å². The van der Waals surface area contributed by atoms with Crippen LogP contribution in [-0.4, -0.2) is 21.3 Å². The lowest BCUT2D eigenvalue weighted by molar-refractivity contribution is 0.345. The maximum atomic E-state index is 6.05. The molecule has 0 spiro atoms. The number of benzene rings is 2. The lowest BCUT2D eigenvalue weighted by Gasteiger charge is -2.16. The van der Waals surface area contributed by atoms with Gasteiger partial charge in [0, 0.05) is 16.6 Å². The standard InChI is InChI=1S/C16H18BrNO3/c1-18-10-11-9-12(17)7-8-13(11)21-16-14(19-2)5-4-6-15(16)20-3/h4-9,18H,10H2,1-3H3. The van der Waals surface area contributed by atoms with Gasteiger partial charge in [-0.3, -0.25) is 0 Å². The van der Waals surface area contributed by atoms with E-state index in [1.807, 2.05) is 43.4 Å². The highest BCUT2D eigenvalue weighted by Gasteiger charge is 2.14. The van der Waals surface area contributed by atoms with E-state index in [2.05, 4.69) is 21.2 Å². The van der Waals surface area contributed by atoms with Crippen LogP contribution in [0.4, 0.5) is 0 Å². The van der Waals surface area contributed by atoms with Crippen LogP contribution in [-0.2, 0) is 6.54 Å². The summed E-state index contributed by atoms with van der Waals surface area (Å²) < 4.78 is 17.8. The lowest BCUT2D eigenvalue weighted by atomic mass is 10.2. The Kier molecular flexibility index (Phi) is 5.47. The Morgan fingerprint density at radius 2 is 1.67 bits per heavy atom. The fourth-order valence-electron chi connectivity index (χ4n) is 2.00. The SMILES string of the molecule is CNCc1cc(Br)ccc1Oc1c(OC)cccc1OC. The third kappa shape index (κ3) is 3.68. The van der Waals surface area contributed by atoms with Gasteiger partial charge < -0.3 is 19.5 Å². The molecule has 0 unspecified atom stereocenters. The van der Waals surface area contributed by atoms with E-state index in [1.165, 1.54) is 0 Å². The number of para-hydroxylation sites is 1. The van der Waals surface area contributed by atoms with Gasteiger partial charge in [0.05, 0.1) is 14.2 Å². The van der Waals surface area contributed by atoms with Crippen LogP contribution in [0.2, 0.25) is 0 Å². The summed E-state index contributed by atoms with van der Waals surface area (Å²) in [4.78, 5) is 0. The Labute approximate surface area is 133 Å². The first kappa shape index (κ1) is 15.7.